The Morgan fingerprint density at radius 3 is 2.61 bits per heavy atom. The molecule has 3 heterocycles. The van der Waals surface area contributed by atoms with Crippen molar-refractivity contribution in [3.63, 3.8) is 0 Å². The lowest BCUT2D eigenvalue weighted by molar-refractivity contribution is -0.125. The topological polar surface area (TPSA) is 134 Å². The van der Waals surface area contributed by atoms with E-state index < -0.39 is 22.5 Å². The van der Waals surface area contributed by atoms with Crippen LogP contribution in [0.3, 0.4) is 0 Å². The largest absolute Gasteiger partial charge is 0.502 e. The van der Waals surface area contributed by atoms with Gasteiger partial charge < -0.3 is 24.9 Å². The van der Waals surface area contributed by atoms with Crippen molar-refractivity contribution in [1.29, 1.82) is 0 Å². The smallest absolute Gasteiger partial charge is 0.245 e. The fraction of sp³-hybridized carbons (Fsp3) is 0.333. The second-order valence-electron chi connectivity index (χ2n) is 10.3. The highest BCUT2D eigenvalue weighted by Gasteiger charge is 2.43. The van der Waals surface area contributed by atoms with E-state index in [4.69, 9.17) is 9.15 Å². The number of carbonyl (C=O) groups excluding carboxylic acids is 2. The number of anilines is 1. The summed E-state index contributed by atoms with van der Waals surface area (Å²) in [7, 11) is 1.58. The van der Waals surface area contributed by atoms with Gasteiger partial charge in [0.1, 0.15) is 11.5 Å². The first-order valence-electron chi connectivity index (χ1n) is 13.4. The summed E-state index contributed by atoms with van der Waals surface area (Å²) in [5, 5.41) is 16.5. The number of aromatic hydroxyl groups is 1. The summed E-state index contributed by atoms with van der Waals surface area (Å²) in [6.07, 6.45) is 0.948. The van der Waals surface area contributed by atoms with Crippen molar-refractivity contribution in [3.05, 3.63) is 81.9 Å². The third kappa shape index (κ3) is 6.58. The number of ether oxygens (including phenoxy) is 1. The van der Waals surface area contributed by atoms with Crippen LogP contribution in [0, 0.1) is 6.92 Å². The number of aryl methyl sites for hydroxylation is 1. The van der Waals surface area contributed by atoms with E-state index in [-0.39, 0.29) is 24.6 Å². The fourth-order valence-corrected chi connectivity index (χ4v) is 6.14. The van der Waals surface area contributed by atoms with E-state index in [0.29, 0.717) is 42.6 Å². The highest BCUT2D eigenvalue weighted by atomic mass is 32.1. The average molecular weight is 577 g/mol. The van der Waals surface area contributed by atoms with Crippen LogP contribution in [-0.2, 0) is 21.5 Å². The third-order valence-electron chi connectivity index (χ3n) is 7.38. The molecule has 0 radical (unpaired) electrons. The van der Waals surface area contributed by atoms with Crippen LogP contribution in [0.4, 0.5) is 5.13 Å². The molecule has 2 aromatic heterocycles. The molecule has 0 aliphatic carbocycles. The van der Waals surface area contributed by atoms with Gasteiger partial charge in [0, 0.05) is 24.4 Å². The number of hydrogen-bond donors (Lipinski definition) is 3. The first kappa shape index (κ1) is 28.3. The van der Waals surface area contributed by atoms with E-state index in [1.54, 1.807) is 20.1 Å². The van der Waals surface area contributed by atoms with Gasteiger partial charge in [-0.15, -0.1) is 0 Å². The first-order valence-corrected chi connectivity index (χ1v) is 14.2. The Morgan fingerprint density at radius 1 is 1.12 bits per heavy atom. The highest BCUT2D eigenvalue weighted by molar-refractivity contribution is 7.22. The van der Waals surface area contributed by atoms with Crippen LogP contribution >= 0.6 is 11.3 Å². The number of hydrogen-bond acceptors (Lipinski definition) is 9. The van der Waals surface area contributed by atoms with Crippen molar-refractivity contribution in [2.24, 2.45) is 0 Å². The molecule has 5 rings (SSSR count). The minimum absolute atomic E-state index is 0.0413. The Labute approximate surface area is 241 Å². The number of nitrogens with zero attached hydrogens (tertiary/aromatic N) is 2. The summed E-state index contributed by atoms with van der Waals surface area (Å²) >= 11 is 1.31. The van der Waals surface area contributed by atoms with Gasteiger partial charge in [-0.05, 0) is 56.6 Å². The maximum atomic E-state index is 13.2. The molecule has 0 spiro atoms. The molecule has 0 unspecified atom stereocenters. The normalized spacial score (nSPS) is 15.0. The first-order chi connectivity index (χ1) is 19.7. The molecule has 2 amide bonds. The van der Waals surface area contributed by atoms with Crippen LogP contribution in [0.2, 0.25) is 0 Å². The van der Waals surface area contributed by atoms with E-state index in [2.05, 4.69) is 32.7 Å². The summed E-state index contributed by atoms with van der Waals surface area (Å²) in [6, 6.07) is 16.8. The molecule has 1 saturated heterocycles. The van der Waals surface area contributed by atoms with Crippen molar-refractivity contribution in [2.45, 2.75) is 38.1 Å². The molecule has 1 aliphatic heterocycles. The predicted molar refractivity (Wildman–Crippen MR) is 156 cm³/mol. The number of nitrogens with one attached hydrogen (secondary N) is 2. The van der Waals surface area contributed by atoms with Crippen molar-refractivity contribution in [1.82, 2.24) is 15.2 Å². The zero-order chi connectivity index (χ0) is 29.0. The van der Waals surface area contributed by atoms with Gasteiger partial charge in [-0.1, -0.05) is 41.7 Å². The lowest BCUT2D eigenvalue weighted by Crippen LogP contribution is -2.46. The number of fused-ring (bicyclic) bond motifs is 1. The van der Waals surface area contributed by atoms with Crippen molar-refractivity contribution < 1.29 is 23.8 Å². The molecule has 0 atom stereocenters. The molecule has 0 bridgehead atoms. The molecule has 4 aromatic rings. The van der Waals surface area contributed by atoms with E-state index in [1.807, 2.05) is 30.3 Å². The van der Waals surface area contributed by atoms with Crippen LogP contribution in [0.1, 0.15) is 36.3 Å². The lowest BCUT2D eigenvalue weighted by Gasteiger charge is -2.40. The van der Waals surface area contributed by atoms with Crippen molar-refractivity contribution in [3.8, 4) is 11.5 Å². The molecule has 11 heteroatoms. The number of methoxy groups -OCH3 is 1. The number of benzene rings is 2. The molecule has 2 aromatic carbocycles. The summed E-state index contributed by atoms with van der Waals surface area (Å²) in [5.41, 5.74) is 0.480. The number of thiazole rings is 1. The highest BCUT2D eigenvalue weighted by Crippen LogP contribution is 2.42. The van der Waals surface area contributed by atoms with Crippen molar-refractivity contribution >= 4 is 38.5 Å². The van der Waals surface area contributed by atoms with Gasteiger partial charge in [0.15, 0.2) is 10.9 Å². The van der Waals surface area contributed by atoms with Gasteiger partial charge >= 0.3 is 0 Å². The van der Waals surface area contributed by atoms with Gasteiger partial charge in [0.05, 0.1) is 23.9 Å². The van der Waals surface area contributed by atoms with Gasteiger partial charge in [-0.2, -0.15) is 0 Å². The lowest BCUT2D eigenvalue weighted by atomic mass is 9.72. The van der Waals surface area contributed by atoms with Gasteiger partial charge in [-0.25, -0.2) is 4.98 Å². The number of rotatable bonds is 9. The van der Waals surface area contributed by atoms with Crippen LogP contribution < -0.4 is 20.8 Å². The van der Waals surface area contributed by atoms with Gasteiger partial charge in [0.25, 0.3) is 0 Å². The predicted octanol–water partition coefficient (Wildman–Crippen LogP) is 3.95. The second-order valence-corrected chi connectivity index (χ2v) is 11.3. The van der Waals surface area contributed by atoms with Gasteiger partial charge in [-0.3, -0.25) is 19.3 Å². The summed E-state index contributed by atoms with van der Waals surface area (Å²) < 4.78 is 12.0. The van der Waals surface area contributed by atoms with E-state index in [0.717, 1.165) is 16.8 Å². The quantitative estimate of drug-likeness (QED) is 0.273. The third-order valence-corrected chi connectivity index (χ3v) is 8.31. The van der Waals surface area contributed by atoms with Gasteiger partial charge in [0.2, 0.25) is 23.0 Å². The van der Waals surface area contributed by atoms with Crippen LogP contribution in [0.25, 0.3) is 10.2 Å². The SMILES string of the molecule is COc1ccc2nc(NC(=O)CNC(=O)CC3(c4oc(C)cc(=O)c4O)CCN(Cc4ccccc4)CC3)sc2c1. The van der Waals surface area contributed by atoms with Crippen molar-refractivity contribution in [2.75, 3.05) is 32.1 Å². The van der Waals surface area contributed by atoms with E-state index in [1.165, 1.54) is 23.0 Å². The fourth-order valence-electron chi connectivity index (χ4n) is 5.23. The molecular weight excluding hydrogens is 544 g/mol. The molecular formula is C30H32N4O6S. The number of amides is 2. The number of carbonyl (C=O) groups is 2. The molecule has 1 aliphatic rings. The Balaban J connectivity index is 1.26. The maximum absolute atomic E-state index is 13.2. The maximum Gasteiger partial charge on any atom is 0.245 e. The Bertz CT molecular complexity index is 1610. The number of likely N-dealkylation sites (tertiary alicyclic amines) is 1. The Hall–Kier alpha value is -4.22. The number of aromatic nitrogens is 1. The monoisotopic (exact) mass is 576 g/mol. The molecule has 0 saturated carbocycles. The zero-order valence-electron chi connectivity index (χ0n) is 22.9. The van der Waals surface area contributed by atoms with E-state index in [9.17, 15) is 19.5 Å². The summed E-state index contributed by atoms with van der Waals surface area (Å²) in [5.74, 6) is -0.0736. The molecule has 3 N–H and O–H groups in total. The van der Waals surface area contributed by atoms with E-state index >= 15 is 0 Å². The Morgan fingerprint density at radius 2 is 1.88 bits per heavy atom. The molecule has 41 heavy (non-hydrogen) atoms. The number of piperidine rings is 1. The molecule has 10 nitrogen and oxygen atoms in total. The van der Waals surface area contributed by atoms with Crippen LogP contribution in [0.15, 0.2) is 63.8 Å². The van der Waals surface area contributed by atoms with Crippen LogP contribution in [0.5, 0.6) is 11.5 Å². The molecule has 1 fully saturated rings. The Kier molecular flexibility index (Phi) is 8.36. The minimum atomic E-state index is -0.894. The molecule has 214 valence electrons. The zero-order valence-corrected chi connectivity index (χ0v) is 23.8. The standard InChI is InChI=1S/C30H32N4O6S/c1-19-14-23(35)27(38)28(40-19)30(10-12-34(13-11-30)18-20-6-4-3-5-7-20)16-25(36)31-17-26(37)33-29-32-22-9-8-21(39-2)15-24(22)41-29/h3-9,14-15,38H,10-13,16-18H2,1-2H3,(H,31,36)(H,32,33,37). The summed E-state index contributed by atoms with van der Waals surface area (Å²) in [6.45, 7) is 3.43. The minimum Gasteiger partial charge on any atom is -0.502 e. The van der Waals surface area contributed by atoms with Crippen LogP contribution in [-0.4, -0.2) is 53.5 Å². The summed E-state index contributed by atoms with van der Waals surface area (Å²) in [4.78, 5) is 44.9. The average Bonchev–Trinajstić information content (AvgIpc) is 3.37. The second kappa shape index (κ2) is 12.1.